The number of benzene rings is 2. The summed E-state index contributed by atoms with van der Waals surface area (Å²) < 4.78 is 6.05. The second kappa shape index (κ2) is 8.47. The number of hydrogen-bond acceptors (Lipinski definition) is 2. The predicted octanol–water partition coefficient (Wildman–Crippen LogP) is 6.31. The van der Waals surface area contributed by atoms with E-state index in [2.05, 4.69) is 13.8 Å². The van der Waals surface area contributed by atoms with Crippen molar-refractivity contribution in [2.45, 2.75) is 27.2 Å². The second-order valence-electron chi connectivity index (χ2n) is 5.93. The quantitative estimate of drug-likeness (QED) is 0.548. The van der Waals surface area contributed by atoms with Crippen LogP contribution >= 0.6 is 19.7 Å². The molecule has 0 aliphatic heterocycles. The Bertz CT molecular complexity index is 635. The van der Waals surface area contributed by atoms with Crippen LogP contribution in [0.3, 0.4) is 0 Å². The highest BCUT2D eigenvalue weighted by molar-refractivity contribution is 7.71. The van der Waals surface area contributed by atoms with Crippen LogP contribution in [-0.2, 0) is 0 Å². The van der Waals surface area contributed by atoms with Crippen LogP contribution in [0.4, 0.5) is 0 Å². The van der Waals surface area contributed by atoms with E-state index in [0.29, 0.717) is 16.5 Å². The minimum absolute atomic E-state index is 0.0209. The molecule has 0 saturated heterocycles. The molecular weight excluding hydrogens is 327 g/mol. The zero-order valence-electron chi connectivity index (χ0n) is 13.8. The summed E-state index contributed by atoms with van der Waals surface area (Å²) in [6, 6.07) is 15.1. The van der Waals surface area contributed by atoms with Crippen LogP contribution in [0.25, 0.3) is 0 Å². The standard InChI is InChI=1S/C19H22ClO2P/c1-14(2)12-13-23(22-16-9-5-4-6-10-16)19(21)18-15(3)8-7-11-17(18)20/h4-11,14H,12-13H2,1-3H3. The maximum absolute atomic E-state index is 13.0. The number of para-hydroxylation sites is 1. The van der Waals surface area contributed by atoms with Gasteiger partial charge in [-0.2, -0.15) is 0 Å². The first-order chi connectivity index (χ1) is 11.0. The van der Waals surface area contributed by atoms with Crippen LogP contribution in [0.5, 0.6) is 5.75 Å². The van der Waals surface area contributed by atoms with Gasteiger partial charge in [0.05, 0.1) is 5.02 Å². The molecule has 0 aliphatic rings. The summed E-state index contributed by atoms with van der Waals surface area (Å²) in [5, 5.41) is 0.503. The van der Waals surface area contributed by atoms with Crippen molar-refractivity contribution in [3.63, 3.8) is 0 Å². The van der Waals surface area contributed by atoms with Gasteiger partial charge in [0.25, 0.3) is 0 Å². The lowest BCUT2D eigenvalue weighted by Crippen LogP contribution is -2.09. The van der Waals surface area contributed by atoms with E-state index in [4.69, 9.17) is 16.1 Å². The Hall–Kier alpha value is -1.37. The highest BCUT2D eigenvalue weighted by Crippen LogP contribution is 2.44. The molecule has 0 amide bonds. The van der Waals surface area contributed by atoms with Crippen LogP contribution in [0.2, 0.25) is 5.02 Å². The Kier molecular flexibility index (Phi) is 6.62. The molecule has 0 aromatic heterocycles. The van der Waals surface area contributed by atoms with Crippen LogP contribution in [0.1, 0.15) is 36.2 Å². The summed E-state index contributed by atoms with van der Waals surface area (Å²) in [6.07, 6.45) is 1.69. The third kappa shape index (κ3) is 5.06. The van der Waals surface area contributed by atoms with Crippen molar-refractivity contribution >= 4 is 25.3 Å². The molecule has 2 aromatic carbocycles. The number of carbonyl (C=O) groups excluding carboxylic acids is 1. The van der Waals surface area contributed by atoms with Gasteiger partial charge in [-0.15, -0.1) is 0 Å². The Morgan fingerprint density at radius 3 is 2.43 bits per heavy atom. The average molecular weight is 349 g/mol. The van der Waals surface area contributed by atoms with E-state index in [1.807, 2.05) is 49.4 Å². The fraction of sp³-hybridized carbons (Fsp3) is 0.316. The van der Waals surface area contributed by atoms with Gasteiger partial charge >= 0.3 is 0 Å². The molecule has 122 valence electrons. The van der Waals surface area contributed by atoms with Crippen molar-refractivity contribution in [1.82, 2.24) is 0 Å². The van der Waals surface area contributed by atoms with Gasteiger partial charge in [-0.3, -0.25) is 4.79 Å². The van der Waals surface area contributed by atoms with Crippen molar-refractivity contribution in [3.8, 4) is 5.75 Å². The monoisotopic (exact) mass is 348 g/mol. The predicted molar refractivity (Wildman–Crippen MR) is 98.8 cm³/mol. The van der Waals surface area contributed by atoms with Crippen molar-refractivity contribution in [2.75, 3.05) is 6.16 Å². The zero-order chi connectivity index (χ0) is 16.8. The molecule has 23 heavy (non-hydrogen) atoms. The van der Waals surface area contributed by atoms with Gasteiger partial charge in [0, 0.05) is 11.7 Å². The SMILES string of the molecule is Cc1cccc(Cl)c1C(=O)P(CCC(C)C)Oc1ccccc1. The summed E-state index contributed by atoms with van der Waals surface area (Å²) in [4.78, 5) is 13.0. The molecule has 0 bridgehead atoms. The van der Waals surface area contributed by atoms with E-state index in [0.717, 1.165) is 23.9 Å². The van der Waals surface area contributed by atoms with E-state index in [1.54, 1.807) is 6.07 Å². The van der Waals surface area contributed by atoms with E-state index in [-0.39, 0.29) is 5.52 Å². The molecule has 0 fully saturated rings. The average Bonchev–Trinajstić information content (AvgIpc) is 2.52. The smallest absolute Gasteiger partial charge is 0.225 e. The van der Waals surface area contributed by atoms with Crippen LogP contribution in [-0.4, -0.2) is 11.7 Å². The molecule has 1 atom stereocenters. The van der Waals surface area contributed by atoms with E-state index in [9.17, 15) is 4.79 Å². The fourth-order valence-electron chi connectivity index (χ4n) is 2.20. The van der Waals surface area contributed by atoms with Crippen LogP contribution < -0.4 is 4.52 Å². The fourth-order valence-corrected chi connectivity index (χ4v) is 4.62. The zero-order valence-corrected chi connectivity index (χ0v) is 15.4. The summed E-state index contributed by atoms with van der Waals surface area (Å²) in [5.74, 6) is 1.26. The van der Waals surface area contributed by atoms with Gasteiger partial charge in [0.1, 0.15) is 5.75 Å². The summed E-state index contributed by atoms with van der Waals surface area (Å²) >= 11 is 6.27. The summed E-state index contributed by atoms with van der Waals surface area (Å²) in [6.45, 7) is 6.22. The van der Waals surface area contributed by atoms with Gasteiger partial charge in [0.15, 0.2) is 8.15 Å². The van der Waals surface area contributed by atoms with E-state index < -0.39 is 8.15 Å². The molecule has 1 unspecified atom stereocenters. The normalized spacial score (nSPS) is 12.2. The van der Waals surface area contributed by atoms with Gasteiger partial charge in [0.2, 0.25) is 5.52 Å². The van der Waals surface area contributed by atoms with Crippen LogP contribution in [0, 0.1) is 12.8 Å². The maximum Gasteiger partial charge on any atom is 0.225 e. The molecule has 0 N–H and O–H groups in total. The largest absolute Gasteiger partial charge is 0.466 e. The lowest BCUT2D eigenvalue weighted by atomic mass is 10.1. The highest BCUT2D eigenvalue weighted by atomic mass is 35.5. The minimum Gasteiger partial charge on any atom is -0.466 e. The Morgan fingerprint density at radius 1 is 1.13 bits per heavy atom. The minimum atomic E-state index is -1.26. The molecule has 2 aromatic rings. The van der Waals surface area contributed by atoms with E-state index >= 15 is 0 Å². The van der Waals surface area contributed by atoms with Crippen molar-refractivity contribution in [2.24, 2.45) is 5.92 Å². The Labute approximate surface area is 144 Å². The third-order valence-electron chi connectivity index (χ3n) is 3.53. The first-order valence-electron chi connectivity index (χ1n) is 7.79. The van der Waals surface area contributed by atoms with Gasteiger partial charge in [-0.05, 0) is 43.0 Å². The molecule has 2 nitrogen and oxygen atoms in total. The molecule has 0 aliphatic carbocycles. The number of aryl methyl sites for hydroxylation is 1. The molecule has 0 heterocycles. The Balaban J connectivity index is 2.27. The summed E-state index contributed by atoms with van der Waals surface area (Å²) in [7, 11) is -1.26. The van der Waals surface area contributed by atoms with Crippen molar-refractivity contribution in [1.29, 1.82) is 0 Å². The molecule has 0 radical (unpaired) electrons. The first kappa shape index (κ1) is 18.0. The van der Waals surface area contributed by atoms with Crippen LogP contribution in [0.15, 0.2) is 48.5 Å². The van der Waals surface area contributed by atoms with E-state index in [1.165, 1.54) is 0 Å². The maximum atomic E-state index is 13.0. The lowest BCUT2D eigenvalue weighted by Gasteiger charge is -2.19. The lowest BCUT2D eigenvalue weighted by molar-refractivity contribution is 0.107. The number of carbonyl (C=O) groups is 1. The summed E-state index contributed by atoms with van der Waals surface area (Å²) in [5.41, 5.74) is 1.52. The second-order valence-corrected chi connectivity index (χ2v) is 8.13. The number of halogens is 1. The van der Waals surface area contributed by atoms with Crippen molar-refractivity contribution < 1.29 is 9.32 Å². The molecular formula is C19H22ClO2P. The third-order valence-corrected chi connectivity index (χ3v) is 5.62. The molecule has 0 saturated carbocycles. The number of rotatable bonds is 7. The molecule has 4 heteroatoms. The first-order valence-corrected chi connectivity index (χ1v) is 9.61. The topological polar surface area (TPSA) is 26.3 Å². The highest BCUT2D eigenvalue weighted by Gasteiger charge is 2.26. The molecule has 2 rings (SSSR count). The number of hydrogen-bond donors (Lipinski definition) is 0. The van der Waals surface area contributed by atoms with Gasteiger partial charge < -0.3 is 4.52 Å². The van der Waals surface area contributed by atoms with Gasteiger partial charge in [-0.25, -0.2) is 0 Å². The molecule has 0 spiro atoms. The van der Waals surface area contributed by atoms with Gasteiger partial charge in [-0.1, -0.05) is 55.8 Å². The Morgan fingerprint density at radius 2 is 1.83 bits per heavy atom. The van der Waals surface area contributed by atoms with Crippen molar-refractivity contribution in [3.05, 3.63) is 64.7 Å².